The summed E-state index contributed by atoms with van der Waals surface area (Å²) >= 11 is 3.50. The second-order valence-corrected chi connectivity index (χ2v) is 5.35. The standard InChI is InChI=1S/C16H17BrO2/c1-3-14(18)12-6-4-5-7-15(12)19-16-9-8-11(2)10-13(16)17/h4-10,14,18H,3H2,1-2H3. The highest BCUT2D eigenvalue weighted by atomic mass is 79.9. The molecule has 0 fully saturated rings. The van der Waals surface area contributed by atoms with Crippen LogP contribution in [0.5, 0.6) is 11.5 Å². The third-order valence-corrected chi connectivity index (χ3v) is 3.59. The number of aryl methyl sites for hydroxylation is 1. The van der Waals surface area contributed by atoms with Gasteiger partial charge in [0.05, 0.1) is 10.6 Å². The Labute approximate surface area is 122 Å². The SMILES string of the molecule is CCC(O)c1ccccc1Oc1ccc(C)cc1Br. The highest BCUT2D eigenvalue weighted by molar-refractivity contribution is 9.10. The van der Waals surface area contributed by atoms with Gasteiger partial charge >= 0.3 is 0 Å². The Bertz CT molecular complexity index is 566. The first-order chi connectivity index (χ1) is 9.11. The molecule has 100 valence electrons. The zero-order chi connectivity index (χ0) is 13.8. The van der Waals surface area contributed by atoms with E-state index in [4.69, 9.17) is 4.74 Å². The normalized spacial score (nSPS) is 12.2. The maximum absolute atomic E-state index is 10.0. The summed E-state index contributed by atoms with van der Waals surface area (Å²) < 4.78 is 6.82. The van der Waals surface area contributed by atoms with E-state index in [1.807, 2.05) is 56.3 Å². The Morgan fingerprint density at radius 3 is 2.58 bits per heavy atom. The molecule has 0 saturated heterocycles. The summed E-state index contributed by atoms with van der Waals surface area (Å²) in [6, 6.07) is 13.5. The molecule has 0 aromatic heterocycles. The number of aliphatic hydroxyl groups excluding tert-OH is 1. The van der Waals surface area contributed by atoms with Gasteiger partial charge in [-0.2, -0.15) is 0 Å². The van der Waals surface area contributed by atoms with Gasteiger partial charge in [-0.25, -0.2) is 0 Å². The Balaban J connectivity index is 2.33. The van der Waals surface area contributed by atoms with Gasteiger partial charge in [0.1, 0.15) is 11.5 Å². The van der Waals surface area contributed by atoms with Crippen LogP contribution in [0.15, 0.2) is 46.9 Å². The second-order valence-electron chi connectivity index (χ2n) is 4.50. The molecule has 0 saturated carbocycles. The third kappa shape index (κ3) is 3.37. The maximum Gasteiger partial charge on any atom is 0.141 e. The van der Waals surface area contributed by atoms with E-state index in [1.165, 1.54) is 5.56 Å². The summed E-state index contributed by atoms with van der Waals surface area (Å²) in [6.45, 7) is 3.98. The molecular formula is C16H17BrO2. The molecule has 0 amide bonds. The lowest BCUT2D eigenvalue weighted by Gasteiger charge is -2.15. The molecule has 0 aliphatic heterocycles. The van der Waals surface area contributed by atoms with Gasteiger partial charge in [-0.15, -0.1) is 0 Å². The van der Waals surface area contributed by atoms with Crippen molar-refractivity contribution in [1.29, 1.82) is 0 Å². The first kappa shape index (κ1) is 14.1. The molecule has 0 bridgehead atoms. The van der Waals surface area contributed by atoms with Crippen LogP contribution in [0.2, 0.25) is 0 Å². The van der Waals surface area contributed by atoms with Gasteiger partial charge in [0, 0.05) is 5.56 Å². The average Bonchev–Trinajstić information content (AvgIpc) is 2.41. The molecule has 0 heterocycles. The number of halogens is 1. The number of hydrogen-bond acceptors (Lipinski definition) is 2. The first-order valence-electron chi connectivity index (χ1n) is 6.32. The van der Waals surface area contributed by atoms with Crippen molar-refractivity contribution in [3.05, 3.63) is 58.1 Å². The van der Waals surface area contributed by atoms with Crippen molar-refractivity contribution in [3.8, 4) is 11.5 Å². The van der Waals surface area contributed by atoms with E-state index in [-0.39, 0.29) is 0 Å². The minimum atomic E-state index is -0.500. The predicted octanol–water partition coefficient (Wildman–Crippen LogP) is 4.99. The van der Waals surface area contributed by atoms with Crippen molar-refractivity contribution in [2.45, 2.75) is 26.4 Å². The van der Waals surface area contributed by atoms with Gasteiger partial charge in [0.2, 0.25) is 0 Å². The minimum absolute atomic E-state index is 0.500. The lowest BCUT2D eigenvalue weighted by Crippen LogP contribution is -1.98. The first-order valence-corrected chi connectivity index (χ1v) is 7.12. The van der Waals surface area contributed by atoms with Gasteiger partial charge < -0.3 is 9.84 Å². The number of para-hydroxylation sites is 1. The highest BCUT2D eigenvalue weighted by Gasteiger charge is 2.12. The quantitative estimate of drug-likeness (QED) is 0.859. The van der Waals surface area contributed by atoms with Crippen LogP contribution in [0.3, 0.4) is 0 Å². The van der Waals surface area contributed by atoms with E-state index >= 15 is 0 Å². The van der Waals surface area contributed by atoms with E-state index in [0.717, 1.165) is 15.8 Å². The van der Waals surface area contributed by atoms with Crippen molar-refractivity contribution in [2.75, 3.05) is 0 Å². The van der Waals surface area contributed by atoms with E-state index < -0.39 is 6.10 Å². The summed E-state index contributed by atoms with van der Waals surface area (Å²) in [5.74, 6) is 1.45. The molecule has 1 N–H and O–H groups in total. The second kappa shape index (κ2) is 6.22. The Kier molecular flexibility index (Phi) is 4.61. The minimum Gasteiger partial charge on any atom is -0.456 e. The molecule has 2 aromatic rings. The molecule has 1 atom stereocenters. The fraction of sp³-hybridized carbons (Fsp3) is 0.250. The monoisotopic (exact) mass is 320 g/mol. The fourth-order valence-corrected chi connectivity index (χ4v) is 2.45. The van der Waals surface area contributed by atoms with Crippen LogP contribution in [-0.4, -0.2) is 5.11 Å². The number of ether oxygens (including phenoxy) is 1. The van der Waals surface area contributed by atoms with Gasteiger partial charge in [0.15, 0.2) is 0 Å². The Morgan fingerprint density at radius 2 is 1.89 bits per heavy atom. The summed E-state index contributed by atoms with van der Waals surface area (Å²) in [4.78, 5) is 0. The molecule has 2 aromatic carbocycles. The Morgan fingerprint density at radius 1 is 1.16 bits per heavy atom. The van der Waals surface area contributed by atoms with Crippen molar-refractivity contribution < 1.29 is 9.84 Å². The third-order valence-electron chi connectivity index (χ3n) is 2.97. The molecule has 3 heteroatoms. The van der Waals surface area contributed by atoms with E-state index in [2.05, 4.69) is 15.9 Å². The summed E-state index contributed by atoms with van der Waals surface area (Å²) in [6.07, 6.45) is 0.163. The molecule has 1 unspecified atom stereocenters. The molecule has 0 aliphatic carbocycles. The van der Waals surface area contributed by atoms with Crippen molar-refractivity contribution in [2.24, 2.45) is 0 Å². The zero-order valence-corrected chi connectivity index (χ0v) is 12.6. The van der Waals surface area contributed by atoms with Crippen molar-refractivity contribution in [1.82, 2.24) is 0 Å². The lowest BCUT2D eigenvalue weighted by molar-refractivity contribution is 0.170. The predicted molar refractivity (Wildman–Crippen MR) is 80.6 cm³/mol. The van der Waals surface area contributed by atoms with Crippen LogP contribution < -0.4 is 4.74 Å². The molecular weight excluding hydrogens is 304 g/mol. The molecule has 0 aliphatic rings. The summed E-state index contributed by atoms with van der Waals surface area (Å²) in [7, 11) is 0. The largest absolute Gasteiger partial charge is 0.456 e. The van der Waals surface area contributed by atoms with E-state index in [0.29, 0.717) is 12.2 Å². The highest BCUT2D eigenvalue weighted by Crippen LogP contribution is 2.34. The van der Waals surface area contributed by atoms with Crippen LogP contribution in [-0.2, 0) is 0 Å². The van der Waals surface area contributed by atoms with Gasteiger partial charge in [-0.05, 0) is 53.0 Å². The smallest absolute Gasteiger partial charge is 0.141 e. The Hall–Kier alpha value is -1.32. The molecule has 2 rings (SSSR count). The molecule has 19 heavy (non-hydrogen) atoms. The number of aliphatic hydroxyl groups is 1. The lowest BCUT2D eigenvalue weighted by atomic mass is 10.1. The topological polar surface area (TPSA) is 29.5 Å². The van der Waals surface area contributed by atoms with Gasteiger partial charge in [-0.3, -0.25) is 0 Å². The van der Waals surface area contributed by atoms with Crippen LogP contribution in [0.25, 0.3) is 0 Å². The fourth-order valence-electron chi connectivity index (χ4n) is 1.88. The molecule has 0 radical (unpaired) electrons. The van der Waals surface area contributed by atoms with Crippen LogP contribution >= 0.6 is 15.9 Å². The summed E-state index contributed by atoms with van der Waals surface area (Å²) in [5.41, 5.74) is 1.98. The van der Waals surface area contributed by atoms with E-state index in [9.17, 15) is 5.11 Å². The van der Waals surface area contributed by atoms with Gasteiger partial charge in [-0.1, -0.05) is 31.2 Å². The van der Waals surface area contributed by atoms with Gasteiger partial charge in [0.25, 0.3) is 0 Å². The van der Waals surface area contributed by atoms with Crippen LogP contribution in [0, 0.1) is 6.92 Å². The number of benzene rings is 2. The maximum atomic E-state index is 10.0. The summed E-state index contributed by atoms with van der Waals surface area (Å²) in [5, 5.41) is 10.0. The van der Waals surface area contributed by atoms with Crippen LogP contribution in [0.1, 0.15) is 30.6 Å². The van der Waals surface area contributed by atoms with Crippen molar-refractivity contribution >= 4 is 15.9 Å². The average molecular weight is 321 g/mol. The zero-order valence-electron chi connectivity index (χ0n) is 11.1. The van der Waals surface area contributed by atoms with Crippen LogP contribution in [0.4, 0.5) is 0 Å². The number of hydrogen-bond donors (Lipinski definition) is 1. The van der Waals surface area contributed by atoms with E-state index in [1.54, 1.807) is 0 Å². The number of rotatable bonds is 4. The molecule has 0 spiro atoms. The van der Waals surface area contributed by atoms with Crippen molar-refractivity contribution in [3.63, 3.8) is 0 Å². The molecule has 2 nitrogen and oxygen atoms in total.